The number of aryl methyl sites for hydroxylation is 2. The Morgan fingerprint density at radius 2 is 2.00 bits per heavy atom. The van der Waals surface area contributed by atoms with E-state index in [2.05, 4.69) is 48.4 Å². The minimum Gasteiger partial charge on any atom is -0.342 e. The van der Waals surface area contributed by atoms with Crippen molar-refractivity contribution in [1.29, 1.82) is 0 Å². The SMILES string of the molecule is Cc1ccc(Nc2nnc(SC(C)C(=O)N3CCC(C)CC3)s2)cc1C. The number of nitrogens with one attached hydrogen (secondary N) is 1. The molecule has 1 aliphatic rings. The average molecular weight is 391 g/mol. The number of anilines is 2. The van der Waals surface area contributed by atoms with E-state index in [4.69, 9.17) is 0 Å². The summed E-state index contributed by atoms with van der Waals surface area (Å²) in [5, 5.41) is 12.4. The van der Waals surface area contributed by atoms with Crippen LogP contribution < -0.4 is 5.32 Å². The molecular weight excluding hydrogens is 364 g/mol. The van der Waals surface area contributed by atoms with Crippen LogP contribution in [0.1, 0.15) is 37.8 Å². The molecule has 0 saturated carbocycles. The first kappa shape index (κ1) is 19.2. The third-order valence-corrected chi connectivity index (χ3v) is 6.90. The number of amides is 1. The summed E-state index contributed by atoms with van der Waals surface area (Å²) in [6, 6.07) is 6.24. The summed E-state index contributed by atoms with van der Waals surface area (Å²) < 4.78 is 0.822. The van der Waals surface area contributed by atoms with Gasteiger partial charge in [-0.15, -0.1) is 10.2 Å². The van der Waals surface area contributed by atoms with E-state index in [0.29, 0.717) is 0 Å². The standard InChI is InChI=1S/C19H26N4OS2/c1-12-7-9-23(10-8-12)17(24)15(4)25-19-22-21-18(26-19)20-16-6-5-13(2)14(3)11-16/h5-6,11-12,15H,7-10H2,1-4H3,(H,20,21). The van der Waals surface area contributed by atoms with Gasteiger partial charge in [-0.05, 0) is 62.8 Å². The van der Waals surface area contributed by atoms with Crippen LogP contribution in [0.25, 0.3) is 0 Å². The average Bonchev–Trinajstić information content (AvgIpc) is 3.05. The van der Waals surface area contributed by atoms with Crippen molar-refractivity contribution in [3.63, 3.8) is 0 Å². The maximum Gasteiger partial charge on any atom is 0.235 e. The first-order chi connectivity index (χ1) is 12.4. The number of carbonyl (C=O) groups is 1. The minimum absolute atomic E-state index is 0.133. The van der Waals surface area contributed by atoms with Crippen LogP contribution in [-0.2, 0) is 4.79 Å². The molecule has 1 N–H and O–H groups in total. The van der Waals surface area contributed by atoms with Crippen molar-refractivity contribution in [2.24, 2.45) is 5.92 Å². The summed E-state index contributed by atoms with van der Waals surface area (Å²) in [6.45, 7) is 10.2. The van der Waals surface area contributed by atoms with Crippen molar-refractivity contribution in [2.75, 3.05) is 18.4 Å². The highest BCUT2D eigenvalue weighted by atomic mass is 32.2. The predicted octanol–water partition coefficient (Wildman–Crippen LogP) is 4.64. The van der Waals surface area contributed by atoms with E-state index in [0.717, 1.165) is 47.0 Å². The predicted molar refractivity (Wildman–Crippen MR) is 109 cm³/mol. The maximum atomic E-state index is 12.6. The molecule has 1 atom stereocenters. The molecule has 1 aliphatic heterocycles. The van der Waals surface area contributed by atoms with Gasteiger partial charge in [-0.2, -0.15) is 0 Å². The Morgan fingerprint density at radius 3 is 2.69 bits per heavy atom. The topological polar surface area (TPSA) is 58.1 Å². The molecule has 0 aliphatic carbocycles. The molecule has 1 unspecified atom stereocenters. The van der Waals surface area contributed by atoms with E-state index in [-0.39, 0.29) is 11.2 Å². The zero-order chi connectivity index (χ0) is 18.7. The Hall–Kier alpha value is -1.60. The lowest BCUT2D eigenvalue weighted by atomic mass is 9.99. The number of hydrogen-bond acceptors (Lipinski definition) is 6. The van der Waals surface area contributed by atoms with Gasteiger partial charge in [-0.1, -0.05) is 36.1 Å². The molecule has 1 aromatic carbocycles. The van der Waals surface area contributed by atoms with Gasteiger partial charge in [0.05, 0.1) is 5.25 Å². The largest absolute Gasteiger partial charge is 0.342 e. The molecule has 3 rings (SSSR count). The molecule has 0 spiro atoms. The number of likely N-dealkylation sites (tertiary alicyclic amines) is 1. The fourth-order valence-corrected chi connectivity index (χ4v) is 4.94. The highest BCUT2D eigenvalue weighted by Crippen LogP contribution is 2.32. The fourth-order valence-electron chi connectivity index (χ4n) is 2.94. The number of nitrogens with zero attached hydrogens (tertiary/aromatic N) is 3. The molecule has 140 valence electrons. The van der Waals surface area contributed by atoms with Crippen molar-refractivity contribution in [3.8, 4) is 0 Å². The number of carbonyl (C=O) groups excluding carboxylic acids is 1. The zero-order valence-electron chi connectivity index (χ0n) is 15.8. The highest BCUT2D eigenvalue weighted by molar-refractivity contribution is 8.02. The minimum atomic E-state index is -0.133. The van der Waals surface area contributed by atoms with Gasteiger partial charge in [-0.3, -0.25) is 4.79 Å². The summed E-state index contributed by atoms with van der Waals surface area (Å²) in [5.74, 6) is 0.935. The number of rotatable bonds is 5. The first-order valence-electron chi connectivity index (χ1n) is 9.05. The number of aromatic nitrogens is 2. The Balaban J connectivity index is 1.57. The van der Waals surface area contributed by atoms with Crippen LogP contribution in [0, 0.1) is 19.8 Å². The summed E-state index contributed by atoms with van der Waals surface area (Å²) in [5.41, 5.74) is 3.51. The number of benzene rings is 1. The van der Waals surface area contributed by atoms with E-state index >= 15 is 0 Å². The summed E-state index contributed by atoms with van der Waals surface area (Å²) in [6.07, 6.45) is 2.21. The quantitative estimate of drug-likeness (QED) is 0.754. The summed E-state index contributed by atoms with van der Waals surface area (Å²) in [4.78, 5) is 14.6. The lowest BCUT2D eigenvalue weighted by molar-refractivity contribution is -0.131. The first-order valence-corrected chi connectivity index (χ1v) is 10.7. The number of hydrogen-bond donors (Lipinski definition) is 1. The molecule has 1 fully saturated rings. The molecule has 1 amide bonds. The van der Waals surface area contributed by atoms with Crippen molar-refractivity contribution >= 4 is 39.8 Å². The van der Waals surface area contributed by atoms with E-state index < -0.39 is 0 Å². The molecule has 2 aromatic rings. The van der Waals surface area contributed by atoms with Crippen LogP contribution in [0.4, 0.5) is 10.8 Å². The highest BCUT2D eigenvalue weighted by Gasteiger charge is 2.26. The molecule has 0 bridgehead atoms. The second kappa shape index (κ2) is 8.39. The lowest BCUT2D eigenvalue weighted by Crippen LogP contribution is -2.41. The van der Waals surface area contributed by atoms with Crippen molar-refractivity contribution in [3.05, 3.63) is 29.3 Å². The van der Waals surface area contributed by atoms with Crippen LogP contribution >= 0.6 is 23.1 Å². The van der Waals surface area contributed by atoms with E-state index in [1.54, 1.807) is 0 Å². The van der Waals surface area contributed by atoms with Gasteiger partial charge in [0.2, 0.25) is 11.0 Å². The lowest BCUT2D eigenvalue weighted by Gasteiger charge is -2.31. The van der Waals surface area contributed by atoms with Gasteiger partial charge >= 0.3 is 0 Å². The monoisotopic (exact) mass is 390 g/mol. The smallest absolute Gasteiger partial charge is 0.235 e. The maximum absolute atomic E-state index is 12.6. The third-order valence-electron chi connectivity index (χ3n) is 4.89. The molecule has 1 aromatic heterocycles. The van der Waals surface area contributed by atoms with Crippen molar-refractivity contribution < 1.29 is 4.79 Å². The van der Waals surface area contributed by atoms with Gasteiger partial charge in [-0.25, -0.2) is 0 Å². The summed E-state index contributed by atoms with van der Waals surface area (Å²) >= 11 is 2.99. The normalized spacial score (nSPS) is 16.5. The van der Waals surface area contributed by atoms with Crippen molar-refractivity contribution in [2.45, 2.75) is 50.1 Å². The van der Waals surface area contributed by atoms with Crippen molar-refractivity contribution in [1.82, 2.24) is 15.1 Å². The van der Waals surface area contributed by atoms with E-state index in [9.17, 15) is 4.79 Å². The van der Waals surface area contributed by atoms with Crippen LogP contribution in [0.5, 0.6) is 0 Å². The second-order valence-corrected chi connectivity index (χ2v) is 9.63. The summed E-state index contributed by atoms with van der Waals surface area (Å²) in [7, 11) is 0. The molecule has 0 radical (unpaired) electrons. The van der Waals surface area contributed by atoms with Gasteiger partial charge in [0.15, 0.2) is 4.34 Å². The molecular formula is C19H26N4OS2. The van der Waals surface area contributed by atoms with Gasteiger partial charge in [0.25, 0.3) is 0 Å². The van der Waals surface area contributed by atoms with Gasteiger partial charge in [0.1, 0.15) is 0 Å². The van der Waals surface area contributed by atoms with Crippen LogP contribution in [0.3, 0.4) is 0 Å². The Kier molecular flexibility index (Phi) is 6.19. The zero-order valence-corrected chi connectivity index (χ0v) is 17.4. The molecule has 7 heteroatoms. The van der Waals surface area contributed by atoms with E-state index in [1.807, 2.05) is 17.9 Å². The molecule has 1 saturated heterocycles. The van der Waals surface area contributed by atoms with Crippen LogP contribution in [0.15, 0.2) is 22.5 Å². The van der Waals surface area contributed by atoms with Gasteiger partial charge in [0, 0.05) is 18.8 Å². The Bertz CT molecular complexity index is 769. The Labute approximate surface area is 163 Å². The van der Waals surface area contributed by atoms with E-state index in [1.165, 1.54) is 34.2 Å². The van der Waals surface area contributed by atoms with Crippen LogP contribution in [-0.4, -0.2) is 39.3 Å². The molecule has 2 heterocycles. The number of thioether (sulfide) groups is 1. The number of piperidine rings is 1. The van der Waals surface area contributed by atoms with Crippen LogP contribution in [0.2, 0.25) is 0 Å². The third kappa shape index (κ3) is 4.76. The second-order valence-electron chi connectivity index (χ2n) is 7.07. The Morgan fingerprint density at radius 1 is 1.27 bits per heavy atom. The molecule has 26 heavy (non-hydrogen) atoms. The molecule has 5 nitrogen and oxygen atoms in total. The fraction of sp³-hybridized carbons (Fsp3) is 0.526. The van der Waals surface area contributed by atoms with Gasteiger partial charge < -0.3 is 10.2 Å².